The average Bonchev–Trinajstić information content (AvgIpc) is 0.757. The topological polar surface area (TPSA) is 349 Å². The van der Waals surface area contributed by atoms with Crippen LogP contribution in [0.25, 0.3) is 33.4 Å². The first-order valence-electron chi connectivity index (χ1n) is 36.2. The number of aryl methyl sites for hydroxylation is 3. The SMILES string of the molecule is O=C(NO)C1(S(=O)(=O)c2ccc(OCCCc3cccc(-c4ccc(C(F)(F)F)cc4)c3)cc2)CCOCC1.O=C(NO)C1(S(=O)(=O)c2ccc(OCCCc3cccc(-c4ccc(F)cc4F)c3)cc2)CCOCC1.O=C(NO)C1(S(=O)(=O)c2ccc(OCCCc3cccc(-c4ccc([N+](=O)[O-])cc4)c3)cc2)CCOCC1. The minimum absolute atomic E-state index is 0.0293. The van der Waals surface area contributed by atoms with Crippen molar-refractivity contribution < 1.29 is 111 Å². The molecule has 0 atom stereocenters. The summed E-state index contributed by atoms with van der Waals surface area (Å²) in [4.78, 5) is 47.4. The number of hydrogen-bond acceptors (Lipinski definition) is 20. The number of sulfone groups is 3. The number of nitrogens with one attached hydrogen (secondary N) is 3. The lowest BCUT2D eigenvalue weighted by molar-refractivity contribution is -0.384. The Morgan fingerprint density at radius 3 is 1.04 bits per heavy atom. The molecule has 0 bridgehead atoms. The van der Waals surface area contributed by atoms with Crippen LogP contribution in [-0.4, -0.2) is 137 Å². The van der Waals surface area contributed by atoms with Crippen molar-refractivity contribution in [1.82, 2.24) is 16.4 Å². The number of halogens is 5. The molecule has 3 fully saturated rings. The van der Waals surface area contributed by atoms with Gasteiger partial charge in [0.1, 0.15) is 28.9 Å². The molecule has 0 saturated carbocycles. The predicted molar refractivity (Wildman–Crippen MR) is 408 cm³/mol. The van der Waals surface area contributed by atoms with Crippen LogP contribution in [-0.2, 0) is 83.5 Å². The number of rotatable bonds is 28. The van der Waals surface area contributed by atoms with Crippen LogP contribution >= 0.6 is 0 Å². The number of benzene rings is 9. The maximum absolute atomic E-state index is 14.1. The molecule has 0 aromatic heterocycles. The second-order valence-electron chi connectivity index (χ2n) is 27.0. The van der Waals surface area contributed by atoms with E-state index in [1.54, 1.807) is 30.3 Å². The van der Waals surface area contributed by atoms with Crippen molar-refractivity contribution >= 4 is 52.9 Å². The van der Waals surface area contributed by atoms with Crippen LogP contribution in [0.2, 0.25) is 0 Å². The lowest BCUT2D eigenvalue weighted by atomic mass is 9.98. The monoisotopic (exact) mass is 1630 g/mol. The molecular formula is C82H83F5N4O20S3. The van der Waals surface area contributed by atoms with Gasteiger partial charge in [-0.15, -0.1) is 0 Å². The van der Waals surface area contributed by atoms with Crippen molar-refractivity contribution in [3.8, 4) is 50.6 Å². The summed E-state index contributed by atoms with van der Waals surface area (Å²) >= 11 is 0. The van der Waals surface area contributed by atoms with Crippen LogP contribution in [0.5, 0.6) is 17.2 Å². The quantitative estimate of drug-likeness (QED) is 0.00872. The van der Waals surface area contributed by atoms with Crippen LogP contribution in [0.3, 0.4) is 0 Å². The van der Waals surface area contributed by atoms with Crippen LogP contribution in [0.4, 0.5) is 27.6 Å². The number of hydrogen-bond donors (Lipinski definition) is 6. The second kappa shape index (κ2) is 38.5. The standard InChI is InChI=1S/C28H28F3NO6S.C27H27F2NO6S.C27H28N2O8S/c29-28(30,31)23-8-6-21(7-9-23)22-5-1-3-20(19-22)4-2-16-38-24-10-12-25(13-11-24)39(35,36)27(26(33)32-34)14-17-37-18-15-27;28-21-6-11-24(25(29)18-21)20-5-1-3-19(17-20)4-2-14-36-22-7-9-23(10-8-22)37(33,34)27(26(31)30-32)12-15-35-16-13-27;30-26(28-31)27(14-17-36-18-15-27)38(34,35)25-12-10-24(11-13-25)37-16-2-4-20-3-1-5-22(19-20)21-6-8-23(9-7-21)29(32)33/h1,3,5-13,19,34H,2,4,14-18H2,(H,32,33);1,3,5-11,17-18,32H,2,4,12-16H2,(H,30,31);1,3,5-13,19,31H,2,4,14-18H2,(H,28,30). The Labute approximate surface area is 655 Å². The second-order valence-corrected chi connectivity index (χ2v) is 33.8. The molecule has 12 rings (SSSR count). The molecule has 3 aliphatic heterocycles. The number of carbonyl (C=O) groups is 3. The molecule has 3 saturated heterocycles. The fourth-order valence-electron chi connectivity index (χ4n) is 13.5. The molecule has 9 aromatic rings. The Hall–Kier alpha value is -10.6. The van der Waals surface area contributed by atoms with E-state index in [4.69, 9.17) is 44.0 Å². The van der Waals surface area contributed by atoms with Crippen molar-refractivity contribution in [3.63, 3.8) is 0 Å². The molecule has 32 heteroatoms. The summed E-state index contributed by atoms with van der Waals surface area (Å²) in [6.45, 7) is 1.67. The molecule has 604 valence electrons. The van der Waals surface area contributed by atoms with Crippen molar-refractivity contribution in [2.24, 2.45) is 0 Å². The van der Waals surface area contributed by atoms with Crippen molar-refractivity contribution in [1.29, 1.82) is 0 Å². The van der Waals surface area contributed by atoms with Gasteiger partial charge in [-0.2, -0.15) is 13.2 Å². The number of nitro groups is 1. The number of nitrogens with zero attached hydrogens (tertiary/aromatic N) is 1. The Balaban J connectivity index is 0.000000181. The molecule has 24 nitrogen and oxygen atoms in total. The lowest BCUT2D eigenvalue weighted by Crippen LogP contribution is -2.54. The number of nitro benzene ring substituents is 1. The van der Waals surface area contributed by atoms with E-state index in [9.17, 15) is 71.7 Å². The number of amides is 3. The summed E-state index contributed by atoms with van der Waals surface area (Å²) in [6.07, 6.45) is -0.659. The number of carbonyl (C=O) groups excluding carboxylic acids is 3. The normalized spacial score (nSPS) is 15.2. The van der Waals surface area contributed by atoms with Gasteiger partial charge in [-0.05, 0) is 231 Å². The summed E-state index contributed by atoms with van der Waals surface area (Å²) in [5.41, 5.74) is 11.3. The Morgan fingerprint density at radius 2 is 0.737 bits per heavy atom. The molecule has 0 aliphatic carbocycles. The number of ether oxygens (including phenoxy) is 6. The van der Waals surface area contributed by atoms with Gasteiger partial charge < -0.3 is 28.4 Å². The highest BCUT2D eigenvalue weighted by atomic mass is 32.2. The largest absolute Gasteiger partial charge is 0.494 e. The van der Waals surface area contributed by atoms with Gasteiger partial charge in [0.25, 0.3) is 23.4 Å². The van der Waals surface area contributed by atoms with E-state index in [0.29, 0.717) is 85.9 Å². The minimum Gasteiger partial charge on any atom is -0.494 e. The highest BCUT2D eigenvalue weighted by Gasteiger charge is 2.55. The predicted octanol–water partition coefficient (Wildman–Crippen LogP) is 13.8. The van der Waals surface area contributed by atoms with E-state index in [0.717, 1.165) is 58.0 Å². The maximum Gasteiger partial charge on any atom is 0.416 e. The molecular weight excluding hydrogens is 1550 g/mol. The highest BCUT2D eigenvalue weighted by molar-refractivity contribution is 7.94. The third-order valence-electron chi connectivity index (χ3n) is 20.0. The fourth-order valence-corrected chi connectivity index (χ4v) is 19.4. The zero-order valence-corrected chi connectivity index (χ0v) is 63.8. The lowest BCUT2D eigenvalue weighted by Gasteiger charge is -2.34. The first-order valence-corrected chi connectivity index (χ1v) is 40.7. The van der Waals surface area contributed by atoms with Crippen LogP contribution in [0.15, 0.2) is 227 Å². The van der Waals surface area contributed by atoms with Crippen molar-refractivity contribution in [2.75, 3.05) is 59.5 Å². The van der Waals surface area contributed by atoms with Crippen LogP contribution in [0.1, 0.15) is 80.0 Å². The number of hydroxylamine groups is 3. The van der Waals surface area contributed by atoms with Crippen molar-refractivity contribution in [2.45, 2.75) is 112 Å². The van der Waals surface area contributed by atoms with Gasteiger partial charge >= 0.3 is 6.18 Å². The van der Waals surface area contributed by atoms with E-state index in [1.807, 2.05) is 66.7 Å². The summed E-state index contributed by atoms with van der Waals surface area (Å²) < 4.78 is 173. The van der Waals surface area contributed by atoms with E-state index < -0.39 is 89.8 Å². The summed E-state index contributed by atoms with van der Waals surface area (Å²) in [5, 5.41) is 38.3. The van der Waals surface area contributed by atoms with E-state index in [2.05, 4.69) is 0 Å². The number of non-ortho nitro benzene ring substituents is 1. The average molecular weight is 1640 g/mol. The maximum atomic E-state index is 14.1. The molecule has 114 heavy (non-hydrogen) atoms. The number of alkyl halides is 3. The molecule has 6 N–H and O–H groups in total. The first-order chi connectivity index (χ1) is 54.6. The summed E-state index contributed by atoms with van der Waals surface area (Å²) in [6, 6.07) is 55.3. The highest BCUT2D eigenvalue weighted by Crippen LogP contribution is 2.40. The molecule has 0 spiro atoms. The van der Waals surface area contributed by atoms with Gasteiger partial charge in [0.05, 0.1) is 45.0 Å². The van der Waals surface area contributed by atoms with E-state index in [-0.39, 0.29) is 98.5 Å². The smallest absolute Gasteiger partial charge is 0.416 e. The first kappa shape index (κ1) is 85.9. The third-order valence-corrected chi connectivity index (χ3v) is 27.6. The van der Waals surface area contributed by atoms with Gasteiger partial charge in [-0.25, -0.2) is 50.5 Å². The molecule has 0 unspecified atom stereocenters. The van der Waals surface area contributed by atoms with Gasteiger partial charge in [-0.1, -0.05) is 84.9 Å². The summed E-state index contributed by atoms with van der Waals surface area (Å²) in [7, 11) is -12.3. The summed E-state index contributed by atoms with van der Waals surface area (Å²) in [5.74, 6) is -2.73. The Bertz CT molecular complexity index is 5150. The Morgan fingerprint density at radius 1 is 0.421 bits per heavy atom. The van der Waals surface area contributed by atoms with Gasteiger partial charge in [0.15, 0.2) is 43.8 Å². The zero-order valence-electron chi connectivity index (χ0n) is 61.4. The minimum atomic E-state index is -4.38. The van der Waals surface area contributed by atoms with Gasteiger partial charge in [0.2, 0.25) is 0 Å². The molecule has 3 amide bonds. The van der Waals surface area contributed by atoms with Crippen LogP contribution in [0, 0.1) is 21.7 Å². The van der Waals surface area contributed by atoms with E-state index >= 15 is 0 Å². The molecule has 3 aliphatic rings. The molecule has 9 aromatic carbocycles. The molecule has 0 radical (unpaired) electrons. The van der Waals surface area contributed by atoms with Crippen molar-refractivity contribution in [3.05, 3.63) is 256 Å². The van der Waals surface area contributed by atoms with Crippen LogP contribution < -0.4 is 30.7 Å². The Kier molecular flexibility index (Phi) is 29.0. The zero-order chi connectivity index (χ0) is 81.7. The van der Waals surface area contributed by atoms with Gasteiger partial charge in [-0.3, -0.25) is 40.1 Å². The van der Waals surface area contributed by atoms with Gasteiger partial charge in [0, 0.05) is 63.4 Å². The fraction of sp³-hybridized carbons (Fsp3) is 0.305. The molecule has 3 heterocycles. The van der Waals surface area contributed by atoms with E-state index in [1.165, 1.54) is 114 Å². The third kappa shape index (κ3) is 20.3.